The molecule has 1 aliphatic heterocycles. The highest BCUT2D eigenvalue weighted by Gasteiger charge is 2.17. The summed E-state index contributed by atoms with van der Waals surface area (Å²) in [7, 11) is 0. The van der Waals surface area contributed by atoms with Crippen molar-refractivity contribution in [2.45, 2.75) is 6.54 Å². The fourth-order valence-corrected chi connectivity index (χ4v) is 3.84. The van der Waals surface area contributed by atoms with Gasteiger partial charge in [0.05, 0.1) is 6.26 Å². The second-order valence-electron chi connectivity index (χ2n) is 7.59. The lowest BCUT2D eigenvalue weighted by Gasteiger charge is -2.36. The molecular formula is C25H26N4O2S. The van der Waals surface area contributed by atoms with E-state index in [-0.39, 0.29) is 11.0 Å². The number of amides is 1. The van der Waals surface area contributed by atoms with E-state index in [0.717, 1.165) is 38.4 Å². The van der Waals surface area contributed by atoms with E-state index in [1.54, 1.807) is 24.5 Å². The minimum atomic E-state index is -0.316. The predicted octanol–water partition coefficient (Wildman–Crippen LogP) is 4.13. The minimum absolute atomic E-state index is 0.251. The van der Waals surface area contributed by atoms with Gasteiger partial charge in [0, 0.05) is 50.2 Å². The van der Waals surface area contributed by atoms with Crippen LogP contribution in [0.5, 0.6) is 0 Å². The van der Waals surface area contributed by atoms with Crippen molar-refractivity contribution in [2.75, 3.05) is 36.4 Å². The Morgan fingerprint density at radius 2 is 1.72 bits per heavy atom. The Bertz CT molecular complexity index is 1040. The number of piperazine rings is 1. The van der Waals surface area contributed by atoms with Gasteiger partial charge in [-0.3, -0.25) is 15.0 Å². The van der Waals surface area contributed by atoms with Crippen molar-refractivity contribution in [3.8, 4) is 0 Å². The third-order valence-electron chi connectivity index (χ3n) is 5.29. The first-order valence-electron chi connectivity index (χ1n) is 10.6. The molecule has 2 N–H and O–H groups in total. The molecule has 0 atom stereocenters. The van der Waals surface area contributed by atoms with E-state index in [1.807, 2.05) is 12.1 Å². The van der Waals surface area contributed by atoms with Crippen LogP contribution in [0.2, 0.25) is 0 Å². The van der Waals surface area contributed by atoms with Gasteiger partial charge in [-0.25, -0.2) is 0 Å². The van der Waals surface area contributed by atoms with Gasteiger partial charge in [0.2, 0.25) is 5.91 Å². The molecule has 32 heavy (non-hydrogen) atoms. The monoisotopic (exact) mass is 446 g/mol. The first-order valence-corrected chi connectivity index (χ1v) is 11.0. The fraction of sp³-hybridized carbons (Fsp3) is 0.200. The maximum atomic E-state index is 12.0. The Labute approximate surface area is 193 Å². The van der Waals surface area contributed by atoms with Crippen molar-refractivity contribution >= 4 is 40.7 Å². The Hall–Kier alpha value is -3.42. The molecule has 164 valence electrons. The number of benzene rings is 2. The summed E-state index contributed by atoms with van der Waals surface area (Å²) in [5.74, 6) is 0.291. The van der Waals surface area contributed by atoms with Gasteiger partial charge < -0.3 is 14.6 Å². The molecule has 0 unspecified atom stereocenters. The molecule has 1 amide bonds. The van der Waals surface area contributed by atoms with Crippen molar-refractivity contribution in [3.05, 3.63) is 90.4 Å². The van der Waals surface area contributed by atoms with Crippen LogP contribution >= 0.6 is 12.2 Å². The van der Waals surface area contributed by atoms with Crippen LogP contribution < -0.4 is 15.5 Å². The van der Waals surface area contributed by atoms with E-state index < -0.39 is 0 Å². The smallest absolute Gasteiger partial charge is 0.250 e. The van der Waals surface area contributed by atoms with E-state index >= 15 is 0 Å². The lowest BCUT2D eigenvalue weighted by molar-refractivity contribution is -0.115. The highest BCUT2D eigenvalue weighted by molar-refractivity contribution is 7.80. The van der Waals surface area contributed by atoms with E-state index in [0.29, 0.717) is 5.76 Å². The van der Waals surface area contributed by atoms with Crippen molar-refractivity contribution < 1.29 is 9.21 Å². The van der Waals surface area contributed by atoms with Crippen molar-refractivity contribution in [1.82, 2.24) is 10.2 Å². The Morgan fingerprint density at radius 1 is 0.969 bits per heavy atom. The third kappa shape index (κ3) is 6.29. The van der Waals surface area contributed by atoms with Gasteiger partial charge in [0.25, 0.3) is 0 Å². The summed E-state index contributed by atoms with van der Waals surface area (Å²) < 4.78 is 5.16. The molecule has 1 aromatic heterocycles. The maximum Gasteiger partial charge on any atom is 0.250 e. The van der Waals surface area contributed by atoms with E-state index in [1.165, 1.54) is 17.3 Å². The third-order valence-corrected chi connectivity index (χ3v) is 5.49. The van der Waals surface area contributed by atoms with Gasteiger partial charge in [-0.1, -0.05) is 30.3 Å². The number of carbonyl (C=O) groups is 1. The molecular weight excluding hydrogens is 420 g/mol. The standard InChI is InChI=1S/C25H26N4O2S/c30-24(13-12-23-7-4-18-31-23)27-25(32)26-21-8-10-22(11-9-21)29-16-14-28(15-17-29)19-20-5-2-1-3-6-20/h1-13,18H,14-17,19H2,(H2,26,27,30,32)/b13-12+. The number of rotatable bonds is 6. The van der Waals surface area contributed by atoms with Gasteiger partial charge in [-0.15, -0.1) is 0 Å². The molecule has 1 aliphatic rings. The van der Waals surface area contributed by atoms with Gasteiger partial charge in [-0.05, 0) is 60.3 Å². The summed E-state index contributed by atoms with van der Waals surface area (Å²) in [5, 5.41) is 5.93. The van der Waals surface area contributed by atoms with E-state index in [4.69, 9.17) is 16.6 Å². The molecule has 1 saturated heterocycles. The van der Waals surface area contributed by atoms with Crippen LogP contribution in [0, 0.1) is 0 Å². The molecule has 2 aromatic carbocycles. The second kappa shape index (κ2) is 10.7. The number of nitrogens with zero attached hydrogens (tertiary/aromatic N) is 2. The molecule has 0 aliphatic carbocycles. The van der Waals surface area contributed by atoms with Crippen LogP contribution in [0.25, 0.3) is 6.08 Å². The molecule has 0 radical (unpaired) electrons. The van der Waals surface area contributed by atoms with Gasteiger partial charge >= 0.3 is 0 Å². The Kier molecular flexibility index (Phi) is 7.32. The Balaban J connectivity index is 1.22. The SMILES string of the molecule is O=C(/C=C/c1ccco1)NC(=S)Nc1ccc(N2CCN(Cc3ccccc3)CC2)cc1. The largest absolute Gasteiger partial charge is 0.465 e. The van der Waals surface area contributed by atoms with Crippen molar-refractivity contribution in [3.63, 3.8) is 0 Å². The van der Waals surface area contributed by atoms with E-state index in [2.05, 4.69) is 62.9 Å². The second-order valence-corrected chi connectivity index (χ2v) is 8.00. The van der Waals surface area contributed by atoms with Crippen molar-refractivity contribution in [2.24, 2.45) is 0 Å². The topological polar surface area (TPSA) is 60.8 Å². The zero-order chi connectivity index (χ0) is 22.2. The molecule has 7 heteroatoms. The highest BCUT2D eigenvalue weighted by atomic mass is 32.1. The lowest BCUT2D eigenvalue weighted by atomic mass is 10.2. The average Bonchev–Trinajstić information content (AvgIpc) is 3.33. The van der Waals surface area contributed by atoms with Crippen LogP contribution in [-0.2, 0) is 11.3 Å². The molecule has 1 fully saturated rings. The lowest BCUT2D eigenvalue weighted by Crippen LogP contribution is -2.45. The zero-order valence-electron chi connectivity index (χ0n) is 17.7. The minimum Gasteiger partial charge on any atom is -0.465 e. The van der Waals surface area contributed by atoms with Crippen LogP contribution in [-0.4, -0.2) is 42.1 Å². The maximum absolute atomic E-state index is 12.0. The van der Waals surface area contributed by atoms with Crippen LogP contribution in [0.1, 0.15) is 11.3 Å². The number of thiocarbonyl (C=S) groups is 1. The predicted molar refractivity (Wildman–Crippen MR) is 132 cm³/mol. The average molecular weight is 447 g/mol. The summed E-state index contributed by atoms with van der Waals surface area (Å²) in [4.78, 5) is 16.8. The molecule has 2 heterocycles. The van der Waals surface area contributed by atoms with Gasteiger partial charge in [0.1, 0.15) is 5.76 Å². The molecule has 0 saturated carbocycles. The van der Waals surface area contributed by atoms with Crippen LogP contribution in [0.4, 0.5) is 11.4 Å². The molecule has 6 nitrogen and oxygen atoms in total. The van der Waals surface area contributed by atoms with Crippen molar-refractivity contribution in [1.29, 1.82) is 0 Å². The number of carbonyl (C=O) groups excluding carboxylic acids is 1. The number of anilines is 2. The summed E-state index contributed by atoms with van der Waals surface area (Å²) in [6, 6.07) is 22.2. The first kappa shape index (κ1) is 21.8. The number of hydrogen-bond acceptors (Lipinski definition) is 5. The number of furan rings is 1. The molecule has 0 bridgehead atoms. The number of hydrogen-bond donors (Lipinski definition) is 2. The van der Waals surface area contributed by atoms with Crippen LogP contribution in [0.15, 0.2) is 83.5 Å². The molecule has 3 aromatic rings. The summed E-state index contributed by atoms with van der Waals surface area (Å²) in [6.07, 6.45) is 4.53. The Morgan fingerprint density at radius 3 is 2.41 bits per heavy atom. The normalized spacial score (nSPS) is 14.4. The first-order chi connectivity index (χ1) is 15.7. The highest BCUT2D eigenvalue weighted by Crippen LogP contribution is 2.20. The zero-order valence-corrected chi connectivity index (χ0v) is 18.6. The van der Waals surface area contributed by atoms with Gasteiger partial charge in [0.15, 0.2) is 5.11 Å². The fourth-order valence-electron chi connectivity index (χ4n) is 3.62. The van der Waals surface area contributed by atoms with E-state index in [9.17, 15) is 4.79 Å². The van der Waals surface area contributed by atoms with Gasteiger partial charge in [-0.2, -0.15) is 0 Å². The molecule has 0 spiro atoms. The quantitative estimate of drug-likeness (QED) is 0.439. The number of nitrogens with one attached hydrogen (secondary N) is 2. The van der Waals surface area contributed by atoms with Crippen LogP contribution in [0.3, 0.4) is 0 Å². The summed E-state index contributed by atoms with van der Waals surface area (Å²) >= 11 is 5.23. The summed E-state index contributed by atoms with van der Waals surface area (Å²) in [6.45, 7) is 5.07. The summed E-state index contributed by atoms with van der Waals surface area (Å²) in [5.41, 5.74) is 3.37. The molecule has 4 rings (SSSR count).